The van der Waals surface area contributed by atoms with Gasteiger partial charge >= 0.3 is 0 Å². The molecule has 5 nitrogen and oxygen atoms in total. The molecule has 0 bridgehead atoms. The van der Waals surface area contributed by atoms with Crippen LogP contribution in [0, 0.1) is 5.92 Å². The van der Waals surface area contributed by atoms with Gasteiger partial charge in [-0.25, -0.2) is 4.98 Å². The monoisotopic (exact) mass is 239 g/mol. The summed E-state index contributed by atoms with van der Waals surface area (Å²) < 4.78 is 10.5. The first-order chi connectivity index (χ1) is 8.11. The molecule has 0 unspecified atom stereocenters. The zero-order chi connectivity index (χ0) is 12.7. The molecule has 0 radical (unpaired) electrons. The fourth-order valence-electron chi connectivity index (χ4n) is 1.43. The maximum absolute atomic E-state index is 5.66. The van der Waals surface area contributed by atoms with E-state index in [2.05, 4.69) is 23.8 Å². The van der Waals surface area contributed by atoms with Crippen molar-refractivity contribution in [1.29, 1.82) is 0 Å². The molecule has 5 heteroatoms. The molecule has 1 rings (SSSR count). The highest BCUT2D eigenvalue weighted by Crippen LogP contribution is 2.12. The molecular formula is C12H21N3O2. The van der Waals surface area contributed by atoms with Crippen molar-refractivity contribution < 1.29 is 9.47 Å². The Kier molecular flexibility index (Phi) is 5.69. The number of ether oxygens (including phenoxy) is 2. The number of hydrogen-bond donors (Lipinski definition) is 1. The van der Waals surface area contributed by atoms with E-state index in [9.17, 15) is 0 Å². The third kappa shape index (κ3) is 5.49. The lowest BCUT2D eigenvalue weighted by Crippen LogP contribution is -2.06. The van der Waals surface area contributed by atoms with Crippen LogP contribution in [0.4, 0.5) is 5.82 Å². The average Bonchev–Trinajstić information content (AvgIpc) is 2.24. The highest BCUT2D eigenvalue weighted by molar-refractivity contribution is 5.32. The first kappa shape index (κ1) is 13.7. The van der Waals surface area contributed by atoms with Crippen LogP contribution in [0.5, 0.6) is 5.88 Å². The standard InChI is InChI=1S/C12H21N3O2/c1-9(2)5-4-6-17-12-7-10(13)14-11(15-12)8-16-3/h7,9H,4-6,8H2,1-3H3,(H2,13,14,15). The van der Waals surface area contributed by atoms with E-state index < -0.39 is 0 Å². The molecule has 0 aliphatic rings. The van der Waals surface area contributed by atoms with Gasteiger partial charge in [-0.1, -0.05) is 13.8 Å². The molecule has 0 spiro atoms. The molecule has 0 aliphatic carbocycles. The van der Waals surface area contributed by atoms with Gasteiger partial charge in [0.15, 0.2) is 5.82 Å². The molecule has 0 aliphatic heterocycles. The highest BCUT2D eigenvalue weighted by Gasteiger charge is 2.03. The van der Waals surface area contributed by atoms with E-state index in [1.165, 1.54) is 0 Å². The van der Waals surface area contributed by atoms with Gasteiger partial charge in [-0.05, 0) is 18.8 Å². The Morgan fingerprint density at radius 2 is 2.12 bits per heavy atom. The normalized spacial score (nSPS) is 10.8. The van der Waals surface area contributed by atoms with Gasteiger partial charge in [0.05, 0.1) is 6.61 Å². The van der Waals surface area contributed by atoms with Crippen molar-refractivity contribution in [3.05, 3.63) is 11.9 Å². The van der Waals surface area contributed by atoms with Gasteiger partial charge in [0.2, 0.25) is 5.88 Å². The largest absolute Gasteiger partial charge is 0.478 e. The van der Waals surface area contributed by atoms with Crippen molar-refractivity contribution in [2.75, 3.05) is 19.5 Å². The van der Waals surface area contributed by atoms with E-state index >= 15 is 0 Å². The van der Waals surface area contributed by atoms with Gasteiger partial charge in [0.25, 0.3) is 0 Å². The van der Waals surface area contributed by atoms with Crippen LogP contribution in [0.15, 0.2) is 6.07 Å². The third-order valence-electron chi connectivity index (χ3n) is 2.22. The minimum Gasteiger partial charge on any atom is -0.478 e. The highest BCUT2D eigenvalue weighted by atomic mass is 16.5. The van der Waals surface area contributed by atoms with E-state index in [0.717, 1.165) is 12.8 Å². The molecule has 17 heavy (non-hydrogen) atoms. The zero-order valence-corrected chi connectivity index (χ0v) is 10.8. The molecule has 96 valence electrons. The Bertz CT molecular complexity index is 343. The SMILES string of the molecule is COCc1nc(N)cc(OCCCC(C)C)n1. The minimum absolute atomic E-state index is 0.341. The average molecular weight is 239 g/mol. The Hall–Kier alpha value is -1.36. The Morgan fingerprint density at radius 1 is 1.35 bits per heavy atom. The molecule has 2 N–H and O–H groups in total. The van der Waals surface area contributed by atoms with Crippen LogP contribution in [0.2, 0.25) is 0 Å². The Labute approximate surface area is 102 Å². The molecule has 0 fully saturated rings. The lowest BCUT2D eigenvalue weighted by molar-refractivity contribution is 0.176. The van der Waals surface area contributed by atoms with E-state index in [1.807, 2.05) is 0 Å². The number of anilines is 1. The van der Waals surface area contributed by atoms with Gasteiger partial charge in [0.1, 0.15) is 12.4 Å². The first-order valence-electron chi connectivity index (χ1n) is 5.87. The fraction of sp³-hybridized carbons (Fsp3) is 0.667. The van der Waals surface area contributed by atoms with Crippen LogP contribution in [0.25, 0.3) is 0 Å². The topological polar surface area (TPSA) is 70.3 Å². The smallest absolute Gasteiger partial charge is 0.218 e. The summed E-state index contributed by atoms with van der Waals surface area (Å²) >= 11 is 0. The molecule has 0 aromatic carbocycles. The van der Waals surface area contributed by atoms with Gasteiger partial charge in [0, 0.05) is 13.2 Å². The van der Waals surface area contributed by atoms with Crippen molar-refractivity contribution in [2.45, 2.75) is 33.3 Å². The molecule has 1 heterocycles. The van der Waals surface area contributed by atoms with Crippen LogP contribution in [-0.4, -0.2) is 23.7 Å². The quantitative estimate of drug-likeness (QED) is 0.737. The lowest BCUT2D eigenvalue weighted by atomic mass is 10.1. The molecule has 0 saturated carbocycles. The van der Waals surface area contributed by atoms with E-state index in [-0.39, 0.29) is 0 Å². The molecule has 1 aromatic rings. The van der Waals surface area contributed by atoms with Gasteiger partial charge < -0.3 is 15.2 Å². The van der Waals surface area contributed by atoms with E-state index in [0.29, 0.717) is 36.7 Å². The van der Waals surface area contributed by atoms with Gasteiger partial charge in [-0.2, -0.15) is 4.98 Å². The summed E-state index contributed by atoms with van der Waals surface area (Å²) in [5.41, 5.74) is 5.66. The van der Waals surface area contributed by atoms with E-state index in [4.69, 9.17) is 15.2 Å². The van der Waals surface area contributed by atoms with Crippen molar-refractivity contribution in [3.8, 4) is 5.88 Å². The Morgan fingerprint density at radius 3 is 2.76 bits per heavy atom. The molecular weight excluding hydrogens is 218 g/mol. The summed E-state index contributed by atoms with van der Waals surface area (Å²) in [5.74, 6) is 2.17. The van der Waals surface area contributed by atoms with Crippen LogP contribution in [0.3, 0.4) is 0 Å². The predicted octanol–water partition coefficient (Wildman–Crippen LogP) is 2.02. The summed E-state index contributed by atoms with van der Waals surface area (Å²) in [5, 5.41) is 0. The maximum atomic E-state index is 5.66. The first-order valence-corrected chi connectivity index (χ1v) is 5.87. The summed E-state index contributed by atoms with van der Waals surface area (Å²) in [6.07, 6.45) is 2.16. The summed E-state index contributed by atoms with van der Waals surface area (Å²) in [7, 11) is 1.59. The number of aromatic nitrogens is 2. The summed E-state index contributed by atoms with van der Waals surface area (Å²) in [6.45, 7) is 5.38. The maximum Gasteiger partial charge on any atom is 0.218 e. The van der Waals surface area contributed by atoms with Crippen molar-refractivity contribution in [1.82, 2.24) is 9.97 Å². The molecule has 0 saturated heterocycles. The van der Waals surface area contributed by atoms with Crippen LogP contribution < -0.4 is 10.5 Å². The Balaban J connectivity index is 2.46. The second kappa shape index (κ2) is 7.06. The van der Waals surface area contributed by atoms with Crippen LogP contribution >= 0.6 is 0 Å². The zero-order valence-electron chi connectivity index (χ0n) is 10.8. The lowest BCUT2D eigenvalue weighted by Gasteiger charge is -2.08. The number of nitrogen functional groups attached to an aromatic ring is 1. The second-order valence-electron chi connectivity index (χ2n) is 4.36. The summed E-state index contributed by atoms with van der Waals surface area (Å²) in [6, 6.07) is 1.63. The molecule has 1 aromatic heterocycles. The number of methoxy groups -OCH3 is 1. The van der Waals surface area contributed by atoms with E-state index in [1.54, 1.807) is 13.2 Å². The van der Waals surface area contributed by atoms with Crippen LogP contribution in [-0.2, 0) is 11.3 Å². The van der Waals surface area contributed by atoms with Gasteiger partial charge in [-0.15, -0.1) is 0 Å². The predicted molar refractivity (Wildman–Crippen MR) is 66.7 cm³/mol. The minimum atomic E-state index is 0.341. The van der Waals surface area contributed by atoms with Gasteiger partial charge in [-0.3, -0.25) is 0 Å². The van der Waals surface area contributed by atoms with Crippen LogP contribution in [0.1, 0.15) is 32.5 Å². The van der Waals surface area contributed by atoms with Crippen molar-refractivity contribution in [3.63, 3.8) is 0 Å². The fourth-order valence-corrected chi connectivity index (χ4v) is 1.43. The molecule has 0 atom stereocenters. The number of rotatable bonds is 7. The van der Waals surface area contributed by atoms with Crippen molar-refractivity contribution >= 4 is 5.82 Å². The second-order valence-corrected chi connectivity index (χ2v) is 4.36. The third-order valence-corrected chi connectivity index (χ3v) is 2.22. The van der Waals surface area contributed by atoms with Crippen molar-refractivity contribution in [2.24, 2.45) is 5.92 Å². The number of nitrogens with two attached hydrogens (primary N) is 1. The molecule has 0 amide bonds. The number of nitrogens with zero attached hydrogens (tertiary/aromatic N) is 2. The number of hydrogen-bond acceptors (Lipinski definition) is 5. The summed E-state index contributed by atoms with van der Waals surface area (Å²) in [4.78, 5) is 8.24.